The normalized spacial score (nSPS) is 16.9. The van der Waals surface area contributed by atoms with Gasteiger partial charge < -0.3 is 8.83 Å². The average Bonchev–Trinajstić information content (AvgIpc) is 3.17. The zero-order valence-corrected chi connectivity index (χ0v) is 13.6. The molecule has 23 heavy (non-hydrogen) atoms. The molecule has 1 aliphatic rings. The molecule has 4 rings (SSSR count). The summed E-state index contributed by atoms with van der Waals surface area (Å²) in [5.41, 5.74) is 1.90. The summed E-state index contributed by atoms with van der Waals surface area (Å²) < 4.78 is 11.9. The molecule has 0 N–H and O–H groups in total. The van der Waals surface area contributed by atoms with E-state index in [1.807, 2.05) is 30.3 Å². The van der Waals surface area contributed by atoms with E-state index >= 15 is 0 Å². The molecule has 1 amide bonds. The number of hydrogen-bond acceptors (Lipinski definition) is 6. The third kappa shape index (κ3) is 2.47. The third-order valence-electron chi connectivity index (χ3n) is 3.41. The fourth-order valence-electron chi connectivity index (χ4n) is 2.22. The summed E-state index contributed by atoms with van der Waals surface area (Å²) in [5, 5.41) is 0. The Hall–Kier alpha value is -2.38. The van der Waals surface area contributed by atoms with Crippen molar-refractivity contribution in [2.75, 3.05) is 7.05 Å². The summed E-state index contributed by atoms with van der Waals surface area (Å²) in [7, 11) is 1.64. The zero-order valence-electron chi connectivity index (χ0n) is 12.0. The van der Waals surface area contributed by atoms with Crippen molar-refractivity contribution in [3.63, 3.8) is 0 Å². The Morgan fingerprint density at radius 2 is 2.04 bits per heavy atom. The van der Waals surface area contributed by atoms with Crippen LogP contribution in [0.1, 0.15) is 5.89 Å². The fourth-order valence-corrected chi connectivity index (χ4v) is 3.36. The molecule has 0 bridgehead atoms. The van der Waals surface area contributed by atoms with Crippen LogP contribution in [0, 0.1) is 0 Å². The van der Waals surface area contributed by atoms with Gasteiger partial charge in [-0.3, -0.25) is 9.69 Å². The Morgan fingerprint density at radius 3 is 2.70 bits per heavy atom. The maximum absolute atomic E-state index is 12.0. The number of oxazole rings is 1. The predicted molar refractivity (Wildman–Crippen MR) is 92.6 cm³/mol. The minimum Gasteiger partial charge on any atom is -0.435 e. The lowest BCUT2D eigenvalue weighted by atomic mass is 10.2. The second-order valence-electron chi connectivity index (χ2n) is 4.94. The van der Waals surface area contributed by atoms with Gasteiger partial charge in [0.15, 0.2) is 5.58 Å². The molecule has 2 aromatic heterocycles. The van der Waals surface area contributed by atoms with Gasteiger partial charge in [-0.05, 0) is 0 Å². The number of fused-ring (bicyclic) bond motifs is 1. The van der Waals surface area contributed by atoms with E-state index < -0.39 is 0 Å². The van der Waals surface area contributed by atoms with Crippen LogP contribution in [-0.4, -0.2) is 27.2 Å². The lowest BCUT2D eigenvalue weighted by Gasteiger charge is -2.03. The van der Waals surface area contributed by atoms with E-state index in [4.69, 9.17) is 21.1 Å². The van der Waals surface area contributed by atoms with Gasteiger partial charge in [0.05, 0.1) is 4.91 Å². The van der Waals surface area contributed by atoms with Crippen LogP contribution < -0.4 is 0 Å². The Bertz CT molecular complexity index is 925. The van der Waals surface area contributed by atoms with Gasteiger partial charge in [-0.1, -0.05) is 54.3 Å². The molecule has 0 radical (unpaired) electrons. The number of amides is 1. The maximum atomic E-state index is 12.0. The van der Waals surface area contributed by atoms with E-state index in [1.54, 1.807) is 19.2 Å². The average molecular weight is 342 g/mol. The molecule has 114 valence electrons. The molecule has 0 saturated carbocycles. The molecule has 0 atom stereocenters. The van der Waals surface area contributed by atoms with Crippen molar-refractivity contribution in [2.45, 2.75) is 0 Å². The van der Waals surface area contributed by atoms with E-state index in [2.05, 4.69) is 4.98 Å². The quantitative estimate of drug-likeness (QED) is 0.520. The number of hydrogen-bond donors (Lipinski definition) is 0. The van der Waals surface area contributed by atoms with Gasteiger partial charge in [-0.2, -0.15) is 4.98 Å². The summed E-state index contributed by atoms with van der Waals surface area (Å²) in [6, 6.07) is 11.5. The predicted octanol–water partition coefficient (Wildman–Crippen LogP) is 3.92. The molecule has 3 aromatic rings. The van der Waals surface area contributed by atoms with Crippen molar-refractivity contribution in [1.82, 2.24) is 9.88 Å². The second-order valence-corrected chi connectivity index (χ2v) is 6.61. The summed E-state index contributed by atoms with van der Waals surface area (Å²) in [6.45, 7) is 0. The Morgan fingerprint density at radius 1 is 1.26 bits per heavy atom. The number of likely N-dealkylation sites (N-methyl/N-ethyl adjacent to an activating group) is 1. The largest absolute Gasteiger partial charge is 0.435 e. The number of carbonyl (C=O) groups excluding carboxylic acids is 1. The van der Waals surface area contributed by atoms with Gasteiger partial charge in [-0.15, -0.1) is 0 Å². The number of aromatic nitrogens is 1. The van der Waals surface area contributed by atoms with Crippen molar-refractivity contribution in [1.29, 1.82) is 0 Å². The number of benzene rings is 1. The Labute approximate surface area is 141 Å². The summed E-state index contributed by atoms with van der Waals surface area (Å²) >= 11 is 6.32. The smallest absolute Gasteiger partial charge is 0.266 e. The zero-order chi connectivity index (χ0) is 16.0. The molecule has 1 aromatic carbocycles. The van der Waals surface area contributed by atoms with E-state index in [0.29, 0.717) is 32.2 Å². The van der Waals surface area contributed by atoms with Crippen LogP contribution in [-0.2, 0) is 4.79 Å². The first-order valence-corrected chi connectivity index (χ1v) is 8.01. The number of thiocarbonyl (C=S) groups is 1. The van der Waals surface area contributed by atoms with Crippen molar-refractivity contribution in [3.8, 4) is 11.3 Å². The highest BCUT2D eigenvalue weighted by atomic mass is 32.2. The number of furan rings is 1. The summed E-state index contributed by atoms with van der Waals surface area (Å²) in [5.74, 6) is 0.866. The van der Waals surface area contributed by atoms with Crippen LogP contribution in [0.25, 0.3) is 28.7 Å². The molecular weight excluding hydrogens is 332 g/mol. The SMILES string of the molecule is CN1C(=O)/C(=C\c2nc3oc(-c4ccccc4)cc3o2)SC1=S. The van der Waals surface area contributed by atoms with Crippen LogP contribution >= 0.6 is 24.0 Å². The Balaban J connectivity index is 1.68. The number of rotatable bonds is 2. The number of thioether (sulfide) groups is 1. The lowest BCUT2D eigenvalue weighted by molar-refractivity contribution is -0.121. The summed E-state index contributed by atoms with van der Waals surface area (Å²) in [6.07, 6.45) is 1.58. The van der Waals surface area contributed by atoms with Crippen LogP contribution in [0.4, 0.5) is 0 Å². The molecular formula is C16H10N2O3S2. The molecule has 0 aliphatic carbocycles. The van der Waals surface area contributed by atoms with Crippen LogP contribution in [0.3, 0.4) is 0 Å². The van der Waals surface area contributed by atoms with Gasteiger partial charge in [0.25, 0.3) is 11.6 Å². The minimum atomic E-state index is -0.153. The van der Waals surface area contributed by atoms with Crippen LogP contribution in [0.15, 0.2) is 50.1 Å². The Kier molecular flexibility index (Phi) is 3.32. The maximum Gasteiger partial charge on any atom is 0.266 e. The fraction of sp³-hybridized carbons (Fsp3) is 0.0625. The molecule has 5 nitrogen and oxygen atoms in total. The van der Waals surface area contributed by atoms with Gasteiger partial charge >= 0.3 is 0 Å². The van der Waals surface area contributed by atoms with E-state index in [-0.39, 0.29) is 5.91 Å². The highest BCUT2D eigenvalue weighted by Crippen LogP contribution is 2.33. The van der Waals surface area contributed by atoms with Crippen LogP contribution in [0.5, 0.6) is 0 Å². The molecule has 7 heteroatoms. The van der Waals surface area contributed by atoms with Gasteiger partial charge in [-0.25, -0.2) is 0 Å². The first-order chi connectivity index (χ1) is 11.1. The first kappa shape index (κ1) is 14.2. The first-order valence-electron chi connectivity index (χ1n) is 6.79. The van der Waals surface area contributed by atoms with Crippen molar-refractivity contribution < 1.29 is 13.6 Å². The molecule has 1 saturated heterocycles. The second kappa shape index (κ2) is 5.36. The van der Waals surface area contributed by atoms with E-state index in [0.717, 1.165) is 5.56 Å². The topological polar surface area (TPSA) is 59.5 Å². The molecule has 1 fully saturated rings. The van der Waals surface area contributed by atoms with Gasteiger partial charge in [0.1, 0.15) is 10.1 Å². The molecule has 3 heterocycles. The van der Waals surface area contributed by atoms with Gasteiger partial charge in [0, 0.05) is 24.8 Å². The van der Waals surface area contributed by atoms with Crippen LogP contribution in [0.2, 0.25) is 0 Å². The minimum absolute atomic E-state index is 0.153. The van der Waals surface area contributed by atoms with Crippen molar-refractivity contribution in [3.05, 3.63) is 47.2 Å². The molecule has 0 unspecified atom stereocenters. The standard InChI is InChI=1S/C16H10N2O3S2/c1-18-15(19)12(23-16(18)22)8-13-17-14-11(20-13)7-10(21-14)9-5-3-2-4-6-9/h2-8H,1H3/b12-8+. The van der Waals surface area contributed by atoms with E-state index in [9.17, 15) is 4.79 Å². The highest BCUT2D eigenvalue weighted by molar-refractivity contribution is 8.26. The summed E-state index contributed by atoms with van der Waals surface area (Å²) in [4.78, 5) is 18.2. The van der Waals surface area contributed by atoms with Crippen molar-refractivity contribution in [2.24, 2.45) is 0 Å². The molecule has 1 aliphatic heterocycles. The monoisotopic (exact) mass is 342 g/mol. The highest BCUT2D eigenvalue weighted by Gasteiger charge is 2.29. The lowest BCUT2D eigenvalue weighted by Crippen LogP contribution is -2.22. The third-order valence-corrected chi connectivity index (χ3v) is 4.89. The number of nitrogens with zero attached hydrogens (tertiary/aromatic N) is 2. The van der Waals surface area contributed by atoms with Crippen molar-refractivity contribution >= 4 is 51.6 Å². The van der Waals surface area contributed by atoms with Gasteiger partial charge in [0.2, 0.25) is 5.89 Å². The number of carbonyl (C=O) groups is 1. The van der Waals surface area contributed by atoms with E-state index in [1.165, 1.54) is 16.7 Å². The molecule has 0 spiro atoms.